The third-order valence-corrected chi connectivity index (χ3v) is 5.36. The lowest BCUT2D eigenvalue weighted by Gasteiger charge is -2.38. The SMILES string of the molecule is CCOC(=O)c1cccc2c1N[C@@H](c1ccccc1[N+](=O)[O-])[C@H]1CC=C[C@@H]21. The molecule has 0 aromatic heterocycles. The van der Waals surface area contributed by atoms with Crippen molar-refractivity contribution in [3.8, 4) is 0 Å². The van der Waals surface area contributed by atoms with E-state index in [9.17, 15) is 14.9 Å². The summed E-state index contributed by atoms with van der Waals surface area (Å²) in [6, 6.07) is 12.2. The van der Waals surface area contributed by atoms with Crippen LogP contribution in [0.1, 0.15) is 46.8 Å². The summed E-state index contributed by atoms with van der Waals surface area (Å²) < 4.78 is 5.20. The Balaban J connectivity index is 1.84. The number of hydrogen-bond acceptors (Lipinski definition) is 5. The van der Waals surface area contributed by atoms with Crippen LogP contribution >= 0.6 is 0 Å². The quantitative estimate of drug-likeness (QED) is 0.371. The number of nitrogens with one attached hydrogen (secondary N) is 1. The second-order valence-corrected chi connectivity index (χ2v) is 6.78. The average molecular weight is 364 g/mol. The van der Waals surface area contributed by atoms with Crippen LogP contribution in [0.5, 0.6) is 0 Å². The molecule has 1 heterocycles. The summed E-state index contributed by atoms with van der Waals surface area (Å²) in [5.41, 5.74) is 2.96. The van der Waals surface area contributed by atoms with Crippen LogP contribution in [-0.2, 0) is 4.74 Å². The smallest absolute Gasteiger partial charge is 0.340 e. The number of nitrogens with zero attached hydrogens (tertiary/aromatic N) is 1. The lowest BCUT2D eigenvalue weighted by atomic mass is 9.76. The van der Waals surface area contributed by atoms with Gasteiger partial charge in [0.1, 0.15) is 0 Å². The molecule has 27 heavy (non-hydrogen) atoms. The summed E-state index contributed by atoms with van der Waals surface area (Å²) in [4.78, 5) is 23.6. The molecule has 2 aliphatic rings. The Hall–Kier alpha value is -3.15. The number of nitro groups is 1. The van der Waals surface area contributed by atoms with Crippen LogP contribution in [0.2, 0.25) is 0 Å². The van der Waals surface area contributed by atoms with E-state index in [0.29, 0.717) is 23.4 Å². The number of fused-ring (bicyclic) bond motifs is 3. The number of ether oxygens (including phenoxy) is 1. The van der Waals surface area contributed by atoms with Gasteiger partial charge in [0.05, 0.1) is 34.4 Å². The van der Waals surface area contributed by atoms with Gasteiger partial charge in [0.15, 0.2) is 0 Å². The number of para-hydroxylation sites is 2. The number of esters is 1. The third kappa shape index (κ3) is 2.87. The molecule has 1 aliphatic carbocycles. The van der Waals surface area contributed by atoms with Gasteiger partial charge in [-0.2, -0.15) is 0 Å². The maximum atomic E-state index is 12.4. The van der Waals surface area contributed by atoms with E-state index in [1.165, 1.54) is 6.07 Å². The number of rotatable bonds is 4. The highest BCUT2D eigenvalue weighted by Gasteiger charge is 2.41. The van der Waals surface area contributed by atoms with Crippen LogP contribution in [0.25, 0.3) is 0 Å². The molecule has 0 saturated heterocycles. The number of anilines is 1. The second kappa shape index (κ2) is 6.87. The zero-order valence-corrected chi connectivity index (χ0v) is 14.9. The Kier molecular flexibility index (Phi) is 4.39. The molecule has 6 nitrogen and oxygen atoms in total. The van der Waals surface area contributed by atoms with Crippen molar-refractivity contribution in [3.63, 3.8) is 0 Å². The Morgan fingerprint density at radius 2 is 2.00 bits per heavy atom. The van der Waals surface area contributed by atoms with Crippen molar-refractivity contribution in [1.29, 1.82) is 0 Å². The van der Waals surface area contributed by atoms with Gasteiger partial charge >= 0.3 is 5.97 Å². The summed E-state index contributed by atoms with van der Waals surface area (Å²) in [5, 5.41) is 15.0. The van der Waals surface area contributed by atoms with Gasteiger partial charge < -0.3 is 10.1 Å². The van der Waals surface area contributed by atoms with Crippen molar-refractivity contribution in [2.45, 2.75) is 25.3 Å². The highest BCUT2D eigenvalue weighted by molar-refractivity contribution is 5.97. The first-order valence-electron chi connectivity index (χ1n) is 9.08. The van der Waals surface area contributed by atoms with Crippen molar-refractivity contribution in [3.05, 3.63) is 81.4 Å². The van der Waals surface area contributed by atoms with Crippen LogP contribution in [0.3, 0.4) is 0 Å². The number of nitro benzene ring substituents is 1. The number of carbonyl (C=O) groups is 1. The van der Waals surface area contributed by atoms with E-state index in [2.05, 4.69) is 17.5 Å². The molecule has 0 saturated carbocycles. The highest BCUT2D eigenvalue weighted by atomic mass is 16.6. The molecule has 0 radical (unpaired) electrons. The average Bonchev–Trinajstić information content (AvgIpc) is 3.17. The van der Waals surface area contributed by atoms with Crippen LogP contribution in [0, 0.1) is 16.0 Å². The predicted octanol–water partition coefficient (Wildman–Crippen LogP) is 4.60. The fraction of sp³-hybridized carbons (Fsp3) is 0.286. The summed E-state index contributed by atoms with van der Waals surface area (Å²) >= 11 is 0. The Bertz CT molecular complexity index is 938. The van der Waals surface area contributed by atoms with Crippen molar-refractivity contribution in [2.24, 2.45) is 5.92 Å². The Labute approximate surface area is 157 Å². The van der Waals surface area contributed by atoms with E-state index < -0.39 is 0 Å². The first-order chi connectivity index (χ1) is 13.1. The first kappa shape index (κ1) is 17.3. The van der Waals surface area contributed by atoms with Gasteiger partial charge in [-0.25, -0.2) is 4.79 Å². The maximum Gasteiger partial charge on any atom is 0.340 e. The number of benzene rings is 2. The summed E-state index contributed by atoms with van der Waals surface area (Å²) in [6.07, 6.45) is 5.09. The molecule has 2 aromatic rings. The largest absolute Gasteiger partial charge is 0.462 e. The molecule has 0 unspecified atom stereocenters. The van der Waals surface area contributed by atoms with Crippen LogP contribution in [0.4, 0.5) is 11.4 Å². The molecule has 3 atom stereocenters. The lowest BCUT2D eigenvalue weighted by Crippen LogP contribution is -2.31. The third-order valence-electron chi connectivity index (χ3n) is 5.36. The van der Waals surface area contributed by atoms with E-state index in [4.69, 9.17) is 4.74 Å². The summed E-state index contributed by atoms with van der Waals surface area (Å²) in [6.45, 7) is 2.06. The molecule has 1 aliphatic heterocycles. The number of hydrogen-bond donors (Lipinski definition) is 1. The minimum Gasteiger partial charge on any atom is -0.462 e. The van der Waals surface area contributed by atoms with Gasteiger partial charge in [-0.15, -0.1) is 0 Å². The minimum absolute atomic E-state index is 0.0951. The Morgan fingerprint density at radius 1 is 1.22 bits per heavy atom. The molecule has 1 N–H and O–H groups in total. The van der Waals surface area contributed by atoms with Crippen molar-refractivity contribution in [2.75, 3.05) is 11.9 Å². The molecule has 4 rings (SSSR count). The van der Waals surface area contributed by atoms with Gasteiger partial charge in [-0.1, -0.05) is 42.5 Å². The van der Waals surface area contributed by atoms with Gasteiger partial charge in [0.25, 0.3) is 5.69 Å². The molecule has 0 amide bonds. The summed E-state index contributed by atoms with van der Waals surface area (Å²) in [5.74, 6) is -0.111. The molecule has 0 bridgehead atoms. The highest BCUT2D eigenvalue weighted by Crippen LogP contribution is 2.51. The van der Waals surface area contributed by atoms with Crippen LogP contribution < -0.4 is 5.32 Å². The van der Waals surface area contributed by atoms with Gasteiger partial charge in [0, 0.05) is 12.0 Å². The van der Waals surface area contributed by atoms with Crippen molar-refractivity contribution < 1.29 is 14.5 Å². The molecular formula is C21H20N2O4. The number of allylic oxidation sites excluding steroid dienone is 2. The van der Waals surface area contributed by atoms with E-state index in [1.807, 2.05) is 18.2 Å². The fourth-order valence-corrected chi connectivity index (χ4v) is 4.23. The van der Waals surface area contributed by atoms with E-state index in [0.717, 1.165) is 12.0 Å². The van der Waals surface area contributed by atoms with E-state index in [1.54, 1.807) is 25.1 Å². The van der Waals surface area contributed by atoms with Crippen LogP contribution in [-0.4, -0.2) is 17.5 Å². The molecular weight excluding hydrogens is 344 g/mol. The molecule has 0 spiro atoms. The van der Waals surface area contributed by atoms with Crippen molar-refractivity contribution >= 4 is 17.3 Å². The van der Waals surface area contributed by atoms with E-state index >= 15 is 0 Å². The minimum atomic E-state index is -0.386. The maximum absolute atomic E-state index is 12.4. The zero-order chi connectivity index (χ0) is 19.0. The molecule has 138 valence electrons. The Morgan fingerprint density at radius 3 is 2.78 bits per heavy atom. The number of carbonyl (C=O) groups excluding carboxylic acids is 1. The predicted molar refractivity (Wildman–Crippen MR) is 102 cm³/mol. The summed E-state index contributed by atoms with van der Waals surface area (Å²) in [7, 11) is 0. The monoisotopic (exact) mass is 364 g/mol. The normalized spacial score (nSPS) is 22.5. The lowest BCUT2D eigenvalue weighted by molar-refractivity contribution is -0.385. The van der Waals surface area contributed by atoms with Gasteiger partial charge in [0.2, 0.25) is 0 Å². The van der Waals surface area contributed by atoms with Gasteiger partial charge in [-0.3, -0.25) is 10.1 Å². The topological polar surface area (TPSA) is 81.5 Å². The zero-order valence-electron chi connectivity index (χ0n) is 14.9. The molecule has 2 aromatic carbocycles. The first-order valence-corrected chi connectivity index (χ1v) is 9.08. The fourth-order valence-electron chi connectivity index (χ4n) is 4.23. The van der Waals surface area contributed by atoms with E-state index in [-0.39, 0.29) is 34.5 Å². The second-order valence-electron chi connectivity index (χ2n) is 6.78. The standard InChI is InChI=1S/C21H20N2O4/c1-2-27-21(24)17-11-6-10-15-13-8-5-9-14(13)19(22-20(15)17)16-7-3-4-12-18(16)23(25)26/h3-8,10-14,19,22H,2,9H2,1H3/t13-,14+,19-/m1/s1. The van der Waals surface area contributed by atoms with Crippen molar-refractivity contribution in [1.82, 2.24) is 0 Å². The van der Waals surface area contributed by atoms with Crippen LogP contribution in [0.15, 0.2) is 54.6 Å². The molecule has 0 fully saturated rings. The van der Waals surface area contributed by atoms with Gasteiger partial charge in [-0.05, 0) is 30.9 Å². The molecule has 6 heteroatoms.